The van der Waals surface area contributed by atoms with Gasteiger partial charge in [-0.25, -0.2) is 4.98 Å². The fourth-order valence-electron chi connectivity index (χ4n) is 4.45. The first kappa shape index (κ1) is 21.8. The van der Waals surface area contributed by atoms with E-state index in [2.05, 4.69) is 29.8 Å². The van der Waals surface area contributed by atoms with Crippen molar-refractivity contribution in [1.82, 2.24) is 9.88 Å². The predicted molar refractivity (Wildman–Crippen MR) is 123 cm³/mol. The number of nitrogens with two attached hydrogens (primary N) is 1. The lowest BCUT2D eigenvalue weighted by Crippen LogP contribution is -2.49. The Bertz CT molecular complexity index is 1060. The molecule has 0 atom stereocenters. The van der Waals surface area contributed by atoms with Crippen molar-refractivity contribution in [2.24, 2.45) is 5.73 Å². The molecule has 2 aliphatic heterocycles. The average Bonchev–Trinajstić information content (AvgIpc) is 3.24. The maximum Gasteiger partial charge on any atom is 0.254 e. The molecule has 8 heteroatoms. The number of aryl methyl sites for hydroxylation is 2. The Hall–Kier alpha value is -3.42. The molecule has 4 rings (SSSR count). The zero-order chi connectivity index (χ0) is 22.8. The van der Waals surface area contributed by atoms with Crippen LogP contribution in [0.1, 0.15) is 51.6 Å². The molecule has 2 saturated heterocycles. The second-order valence-corrected chi connectivity index (χ2v) is 8.36. The van der Waals surface area contributed by atoms with Crippen molar-refractivity contribution in [2.45, 2.75) is 33.1 Å². The van der Waals surface area contributed by atoms with Crippen LogP contribution in [0.4, 0.5) is 11.5 Å². The first-order chi connectivity index (χ1) is 15.4. The van der Waals surface area contributed by atoms with E-state index in [1.54, 1.807) is 28.0 Å². The van der Waals surface area contributed by atoms with Crippen LogP contribution in [0.15, 0.2) is 30.5 Å². The molecule has 0 aliphatic carbocycles. The van der Waals surface area contributed by atoms with E-state index in [4.69, 9.17) is 5.73 Å². The summed E-state index contributed by atoms with van der Waals surface area (Å²) in [5.74, 6) is 0.0818. The van der Waals surface area contributed by atoms with Gasteiger partial charge >= 0.3 is 0 Å². The second-order valence-electron chi connectivity index (χ2n) is 8.36. The quantitative estimate of drug-likeness (QED) is 0.776. The average molecular weight is 436 g/mol. The fraction of sp³-hybridized carbons (Fsp3) is 0.417. The monoisotopic (exact) mass is 435 g/mol. The molecule has 0 spiro atoms. The Labute approximate surface area is 188 Å². The van der Waals surface area contributed by atoms with Gasteiger partial charge in [-0.1, -0.05) is 13.0 Å². The molecule has 0 saturated carbocycles. The minimum absolute atomic E-state index is 0.0199. The number of pyridine rings is 1. The van der Waals surface area contributed by atoms with E-state index in [9.17, 15) is 14.4 Å². The molecule has 2 fully saturated rings. The lowest BCUT2D eigenvalue weighted by molar-refractivity contribution is -0.117. The van der Waals surface area contributed by atoms with Crippen LogP contribution < -0.4 is 15.5 Å². The van der Waals surface area contributed by atoms with Crippen LogP contribution in [0.25, 0.3) is 0 Å². The molecule has 0 radical (unpaired) electrons. The number of carbonyl (C=O) groups is 3. The molecule has 0 bridgehead atoms. The van der Waals surface area contributed by atoms with Crippen molar-refractivity contribution < 1.29 is 14.4 Å². The lowest BCUT2D eigenvalue weighted by Gasteiger charge is -2.36. The molecule has 1 aromatic carbocycles. The summed E-state index contributed by atoms with van der Waals surface area (Å²) < 4.78 is 0. The van der Waals surface area contributed by atoms with Gasteiger partial charge in [0.15, 0.2) is 0 Å². The standard InChI is InChI=1S/C24H29N5O3/c1-3-17-13-16(2)23(26-15-17)27-9-11-28(12-10-27)24(32)19-7-6-18(14-20(19)22(25)31)29-8-4-5-21(29)30/h6-7,13-15H,3-5,8-12H2,1-2H3,(H2,25,31). The Morgan fingerprint density at radius 1 is 1.06 bits per heavy atom. The first-order valence-electron chi connectivity index (χ1n) is 11.1. The number of carbonyl (C=O) groups excluding carboxylic acids is 3. The number of piperazine rings is 1. The third-order valence-corrected chi connectivity index (χ3v) is 6.27. The van der Waals surface area contributed by atoms with Gasteiger partial charge in [0.1, 0.15) is 5.82 Å². The van der Waals surface area contributed by atoms with Gasteiger partial charge in [0, 0.05) is 51.0 Å². The number of hydrogen-bond acceptors (Lipinski definition) is 5. The molecule has 2 N–H and O–H groups in total. The van der Waals surface area contributed by atoms with Gasteiger partial charge in [0.05, 0.1) is 11.1 Å². The summed E-state index contributed by atoms with van der Waals surface area (Å²) in [5, 5.41) is 0. The fourth-order valence-corrected chi connectivity index (χ4v) is 4.45. The van der Waals surface area contributed by atoms with Gasteiger partial charge in [0.2, 0.25) is 11.8 Å². The van der Waals surface area contributed by atoms with E-state index < -0.39 is 5.91 Å². The molecule has 3 heterocycles. The summed E-state index contributed by atoms with van der Waals surface area (Å²) >= 11 is 0. The van der Waals surface area contributed by atoms with Crippen LogP contribution in [-0.4, -0.2) is 60.3 Å². The van der Waals surface area contributed by atoms with E-state index in [1.165, 1.54) is 5.56 Å². The smallest absolute Gasteiger partial charge is 0.254 e. The van der Waals surface area contributed by atoms with Crippen molar-refractivity contribution >= 4 is 29.2 Å². The number of nitrogens with zero attached hydrogens (tertiary/aromatic N) is 4. The predicted octanol–water partition coefficient (Wildman–Crippen LogP) is 2.14. The third-order valence-electron chi connectivity index (χ3n) is 6.27. The van der Waals surface area contributed by atoms with Crippen LogP contribution >= 0.6 is 0 Å². The second kappa shape index (κ2) is 8.98. The minimum atomic E-state index is -0.670. The molecule has 2 aromatic rings. The maximum atomic E-state index is 13.2. The van der Waals surface area contributed by atoms with Crippen LogP contribution in [0.2, 0.25) is 0 Å². The zero-order valence-electron chi connectivity index (χ0n) is 18.6. The van der Waals surface area contributed by atoms with Gasteiger partial charge in [-0.2, -0.15) is 0 Å². The van der Waals surface area contributed by atoms with Crippen molar-refractivity contribution in [1.29, 1.82) is 0 Å². The number of aromatic nitrogens is 1. The van der Waals surface area contributed by atoms with Crippen molar-refractivity contribution in [3.63, 3.8) is 0 Å². The van der Waals surface area contributed by atoms with E-state index in [-0.39, 0.29) is 22.9 Å². The lowest BCUT2D eigenvalue weighted by atomic mass is 10.0. The van der Waals surface area contributed by atoms with Gasteiger partial charge < -0.3 is 20.4 Å². The summed E-state index contributed by atoms with van der Waals surface area (Å²) in [6.07, 6.45) is 4.13. The van der Waals surface area contributed by atoms with Crippen LogP contribution in [0.5, 0.6) is 0 Å². The highest BCUT2D eigenvalue weighted by atomic mass is 16.2. The highest BCUT2D eigenvalue weighted by molar-refractivity contribution is 6.08. The molecule has 0 unspecified atom stereocenters. The summed E-state index contributed by atoms with van der Waals surface area (Å²) in [4.78, 5) is 47.6. The zero-order valence-corrected chi connectivity index (χ0v) is 18.6. The minimum Gasteiger partial charge on any atom is -0.366 e. The molecule has 168 valence electrons. The van der Waals surface area contributed by atoms with Crippen LogP contribution in [0.3, 0.4) is 0 Å². The topological polar surface area (TPSA) is 99.8 Å². The summed E-state index contributed by atoms with van der Waals surface area (Å²) in [5.41, 5.74) is 8.98. The summed E-state index contributed by atoms with van der Waals surface area (Å²) in [6.45, 7) is 7.16. The van der Waals surface area contributed by atoms with E-state index in [1.807, 2.05) is 6.20 Å². The Balaban J connectivity index is 1.49. The van der Waals surface area contributed by atoms with Gasteiger partial charge in [0.25, 0.3) is 5.91 Å². The normalized spacial score (nSPS) is 16.6. The molecular weight excluding hydrogens is 406 g/mol. The number of anilines is 2. The van der Waals surface area contributed by atoms with Crippen LogP contribution in [-0.2, 0) is 11.2 Å². The van der Waals surface area contributed by atoms with Gasteiger partial charge in [-0.3, -0.25) is 14.4 Å². The van der Waals surface area contributed by atoms with Crippen LogP contribution in [0, 0.1) is 6.92 Å². The van der Waals surface area contributed by atoms with E-state index >= 15 is 0 Å². The van der Waals surface area contributed by atoms with Gasteiger partial charge in [-0.05, 0) is 49.1 Å². The SMILES string of the molecule is CCc1cnc(N2CCN(C(=O)c3ccc(N4CCCC4=O)cc3C(N)=O)CC2)c(C)c1. The molecular formula is C24H29N5O3. The third kappa shape index (κ3) is 4.17. The van der Waals surface area contributed by atoms with E-state index in [0.717, 1.165) is 24.2 Å². The molecule has 32 heavy (non-hydrogen) atoms. The number of hydrogen-bond donors (Lipinski definition) is 1. The van der Waals surface area contributed by atoms with Crippen molar-refractivity contribution in [2.75, 3.05) is 42.5 Å². The largest absolute Gasteiger partial charge is 0.366 e. The highest BCUT2D eigenvalue weighted by Gasteiger charge is 2.28. The highest BCUT2D eigenvalue weighted by Crippen LogP contribution is 2.26. The molecule has 2 aliphatic rings. The Morgan fingerprint density at radius 3 is 2.41 bits per heavy atom. The molecule has 1 aromatic heterocycles. The van der Waals surface area contributed by atoms with Gasteiger partial charge in [-0.15, -0.1) is 0 Å². The number of rotatable bonds is 5. The maximum absolute atomic E-state index is 13.2. The number of amides is 3. The summed E-state index contributed by atoms with van der Waals surface area (Å²) in [6, 6.07) is 7.07. The Kier molecular flexibility index (Phi) is 6.12. The van der Waals surface area contributed by atoms with Crippen molar-refractivity contribution in [3.8, 4) is 0 Å². The molecule has 8 nitrogen and oxygen atoms in total. The number of benzene rings is 1. The molecule has 3 amide bonds. The number of primary amides is 1. The van der Waals surface area contributed by atoms with E-state index in [0.29, 0.717) is 44.8 Å². The first-order valence-corrected chi connectivity index (χ1v) is 11.1. The summed E-state index contributed by atoms with van der Waals surface area (Å²) in [7, 11) is 0. The Morgan fingerprint density at radius 2 is 1.81 bits per heavy atom. The van der Waals surface area contributed by atoms with Crippen molar-refractivity contribution in [3.05, 3.63) is 52.7 Å².